The predicted molar refractivity (Wildman–Crippen MR) is 46.7 cm³/mol. The maximum absolute atomic E-state index is 8.52. The van der Waals surface area contributed by atoms with Gasteiger partial charge in [-0.1, -0.05) is 6.92 Å². The molecule has 2 atom stereocenters. The Kier molecular flexibility index (Phi) is 4.06. The SMILES string of the molecule is CCC(CC#N)NC1CCOC1. The fourth-order valence-corrected chi connectivity index (χ4v) is 1.43. The monoisotopic (exact) mass is 168 g/mol. The molecule has 3 nitrogen and oxygen atoms in total. The normalized spacial score (nSPS) is 25.2. The van der Waals surface area contributed by atoms with Crippen LogP contribution in [0.5, 0.6) is 0 Å². The highest BCUT2D eigenvalue weighted by Gasteiger charge is 2.18. The van der Waals surface area contributed by atoms with Crippen molar-refractivity contribution in [2.75, 3.05) is 13.2 Å². The number of nitrogens with one attached hydrogen (secondary N) is 1. The van der Waals surface area contributed by atoms with E-state index in [9.17, 15) is 0 Å². The Hall–Kier alpha value is -0.590. The molecule has 0 amide bonds. The van der Waals surface area contributed by atoms with Crippen LogP contribution in [0.4, 0.5) is 0 Å². The third-order valence-corrected chi connectivity index (χ3v) is 2.23. The molecular weight excluding hydrogens is 152 g/mol. The van der Waals surface area contributed by atoms with Crippen molar-refractivity contribution in [2.45, 2.75) is 38.3 Å². The molecule has 0 bridgehead atoms. The maximum atomic E-state index is 8.52. The third kappa shape index (κ3) is 2.80. The van der Waals surface area contributed by atoms with Gasteiger partial charge in [-0.2, -0.15) is 5.26 Å². The van der Waals surface area contributed by atoms with Crippen LogP contribution in [0.2, 0.25) is 0 Å². The highest BCUT2D eigenvalue weighted by atomic mass is 16.5. The number of hydrogen-bond acceptors (Lipinski definition) is 3. The summed E-state index contributed by atoms with van der Waals surface area (Å²) < 4.78 is 5.24. The zero-order chi connectivity index (χ0) is 8.81. The van der Waals surface area contributed by atoms with E-state index in [1.807, 2.05) is 0 Å². The van der Waals surface area contributed by atoms with Crippen molar-refractivity contribution in [2.24, 2.45) is 0 Å². The van der Waals surface area contributed by atoms with Gasteiger partial charge in [-0.15, -0.1) is 0 Å². The average Bonchev–Trinajstić information content (AvgIpc) is 2.56. The second kappa shape index (κ2) is 5.13. The summed E-state index contributed by atoms with van der Waals surface area (Å²) in [4.78, 5) is 0. The Morgan fingerprint density at radius 2 is 2.58 bits per heavy atom. The molecule has 0 aliphatic carbocycles. The molecule has 1 rings (SSSR count). The van der Waals surface area contributed by atoms with Crippen molar-refractivity contribution >= 4 is 0 Å². The van der Waals surface area contributed by atoms with E-state index < -0.39 is 0 Å². The molecule has 1 aliphatic heterocycles. The van der Waals surface area contributed by atoms with Crippen LogP contribution in [0.15, 0.2) is 0 Å². The van der Waals surface area contributed by atoms with Crippen molar-refractivity contribution in [3.63, 3.8) is 0 Å². The van der Waals surface area contributed by atoms with Crippen LogP contribution in [0.1, 0.15) is 26.2 Å². The van der Waals surface area contributed by atoms with Gasteiger partial charge in [0.15, 0.2) is 0 Å². The maximum Gasteiger partial charge on any atom is 0.0638 e. The van der Waals surface area contributed by atoms with Crippen molar-refractivity contribution in [1.29, 1.82) is 5.26 Å². The third-order valence-electron chi connectivity index (χ3n) is 2.23. The first kappa shape index (κ1) is 9.50. The van der Waals surface area contributed by atoms with Crippen LogP contribution in [0.25, 0.3) is 0 Å². The van der Waals surface area contributed by atoms with Gasteiger partial charge in [0.1, 0.15) is 0 Å². The van der Waals surface area contributed by atoms with Gasteiger partial charge in [0.2, 0.25) is 0 Å². The molecule has 0 aromatic heterocycles. The van der Waals surface area contributed by atoms with Gasteiger partial charge in [-0.05, 0) is 12.8 Å². The molecule has 68 valence electrons. The van der Waals surface area contributed by atoms with E-state index in [4.69, 9.17) is 10.00 Å². The molecule has 0 spiro atoms. The van der Waals surface area contributed by atoms with E-state index in [-0.39, 0.29) is 0 Å². The quantitative estimate of drug-likeness (QED) is 0.682. The molecule has 1 heterocycles. The summed E-state index contributed by atoms with van der Waals surface area (Å²) in [6.45, 7) is 3.77. The molecular formula is C9H16N2O. The number of nitriles is 1. The van der Waals surface area contributed by atoms with E-state index >= 15 is 0 Å². The van der Waals surface area contributed by atoms with Crippen molar-refractivity contribution < 1.29 is 4.74 Å². The Bertz CT molecular complexity index is 158. The Balaban J connectivity index is 2.21. The van der Waals surface area contributed by atoms with E-state index in [1.54, 1.807) is 0 Å². The van der Waals surface area contributed by atoms with E-state index in [0.29, 0.717) is 18.5 Å². The number of hydrogen-bond donors (Lipinski definition) is 1. The summed E-state index contributed by atoms with van der Waals surface area (Å²) >= 11 is 0. The van der Waals surface area contributed by atoms with Crippen LogP contribution < -0.4 is 5.32 Å². The molecule has 0 aromatic rings. The highest BCUT2D eigenvalue weighted by Crippen LogP contribution is 2.07. The first-order valence-electron chi connectivity index (χ1n) is 4.57. The molecule has 1 fully saturated rings. The first-order chi connectivity index (χ1) is 5.86. The second-order valence-corrected chi connectivity index (χ2v) is 3.19. The van der Waals surface area contributed by atoms with Gasteiger partial charge < -0.3 is 10.1 Å². The fourth-order valence-electron chi connectivity index (χ4n) is 1.43. The van der Waals surface area contributed by atoms with Crippen molar-refractivity contribution in [1.82, 2.24) is 5.32 Å². The summed E-state index contributed by atoms with van der Waals surface area (Å²) in [5.74, 6) is 0. The molecule has 1 aliphatic rings. The summed E-state index contributed by atoms with van der Waals surface area (Å²) in [5.41, 5.74) is 0. The van der Waals surface area contributed by atoms with Crippen LogP contribution >= 0.6 is 0 Å². The van der Waals surface area contributed by atoms with Gasteiger partial charge in [-0.3, -0.25) is 0 Å². The van der Waals surface area contributed by atoms with E-state index in [0.717, 1.165) is 26.1 Å². The van der Waals surface area contributed by atoms with Gasteiger partial charge in [0.25, 0.3) is 0 Å². The average molecular weight is 168 g/mol. The Labute approximate surface area is 73.7 Å². The Morgan fingerprint density at radius 1 is 1.75 bits per heavy atom. The molecule has 0 radical (unpaired) electrons. The van der Waals surface area contributed by atoms with Crippen molar-refractivity contribution in [3.8, 4) is 6.07 Å². The molecule has 1 N–H and O–H groups in total. The summed E-state index contributed by atoms with van der Waals surface area (Å²) in [6, 6.07) is 3.01. The van der Waals surface area contributed by atoms with Gasteiger partial charge in [-0.25, -0.2) is 0 Å². The molecule has 1 saturated heterocycles. The lowest BCUT2D eigenvalue weighted by molar-refractivity contribution is 0.187. The summed E-state index contributed by atoms with van der Waals surface area (Å²) in [6.07, 6.45) is 2.71. The van der Waals surface area contributed by atoms with E-state index in [2.05, 4.69) is 18.3 Å². The summed E-state index contributed by atoms with van der Waals surface area (Å²) in [5, 5.41) is 11.9. The van der Waals surface area contributed by atoms with Gasteiger partial charge in [0, 0.05) is 18.7 Å². The smallest absolute Gasteiger partial charge is 0.0638 e. The lowest BCUT2D eigenvalue weighted by atomic mass is 10.1. The van der Waals surface area contributed by atoms with Crippen molar-refractivity contribution in [3.05, 3.63) is 0 Å². The van der Waals surface area contributed by atoms with Crippen LogP contribution in [-0.2, 0) is 4.74 Å². The fraction of sp³-hybridized carbons (Fsp3) is 0.889. The van der Waals surface area contributed by atoms with Crippen LogP contribution in [0.3, 0.4) is 0 Å². The first-order valence-corrected chi connectivity index (χ1v) is 4.57. The standard InChI is InChI=1S/C9H16N2O/c1-2-8(3-5-10)11-9-4-6-12-7-9/h8-9,11H,2-4,6-7H2,1H3. The predicted octanol–water partition coefficient (Wildman–Crippen LogP) is 1.06. The zero-order valence-corrected chi connectivity index (χ0v) is 7.55. The second-order valence-electron chi connectivity index (χ2n) is 3.19. The molecule has 0 saturated carbocycles. The number of ether oxygens (including phenoxy) is 1. The number of rotatable bonds is 4. The minimum atomic E-state index is 0.349. The minimum Gasteiger partial charge on any atom is -0.380 e. The highest BCUT2D eigenvalue weighted by molar-refractivity contribution is 4.83. The molecule has 0 aromatic carbocycles. The van der Waals surface area contributed by atoms with E-state index in [1.165, 1.54) is 0 Å². The van der Waals surface area contributed by atoms with Gasteiger partial charge in [0.05, 0.1) is 19.1 Å². The van der Waals surface area contributed by atoms with Crippen LogP contribution in [0, 0.1) is 11.3 Å². The molecule has 3 heteroatoms. The molecule has 2 unspecified atom stereocenters. The lowest BCUT2D eigenvalue weighted by Gasteiger charge is -2.17. The summed E-state index contributed by atoms with van der Waals surface area (Å²) in [7, 11) is 0. The Morgan fingerprint density at radius 3 is 3.08 bits per heavy atom. The van der Waals surface area contributed by atoms with Crippen LogP contribution in [-0.4, -0.2) is 25.3 Å². The largest absolute Gasteiger partial charge is 0.380 e. The lowest BCUT2D eigenvalue weighted by Crippen LogP contribution is -2.38. The number of nitrogens with zero attached hydrogens (tertiary/aromatic N) is 1. The topological polar surface area (TPSA) is 45.0 Å². The minimum absolute atomic E-state index is 0.349. The zero-order valence-electron chi connectivity index (χ0n) is 7.55. The molecule has 12 heavy (non-hydrogen) atoms. The van der Waals surface area contributed by atoms with Gasteiger partial charge >= 0.3 is 0 Å².